The standard InChI is InChI=1S/C12H10N6OS/c19-10-4-2-9(3-5-10)18-12(15-16-17-18)20-8-11-13-6-1-7-14-11/h1-7,19H,8H2. The summed E-state index contributed by atoms with van der Waals surface area (Å²) < 4.78 is 1.60. The molecule has 0 amide bonds. The number of aromatic hydroxyl groups is 1. The maximum atomic E-state index is 9.29. The summed E-state index contributed by atoms with van der Waals surface area (Å²) in [5, 5.41) is 21.5. The third-order valence-corrected chi connectivity index (χ3v) is 3.40. The zero-order valence-corrected chi connectivity index (χ0v) is 11.1. The van der Waals surface area contributed by atoms with Gasteiger partial charge in [-0.15, -0.1) is 5.10 Å². The molecule has 0 radical (unpaired) electrons. The van der Waals surface area contributed by atoms with Crippen molar-refractivity contribution in [1.82, 2.24) is 30.2 Å². The maximum absolute atomic E-state index is 9.29. The fourth-order valence-corrected chi connectivity index (χ4v) is 2.32. The Hall–Kier alpha value is -2.48. The van der Waals surface area contributed by atoms with Gasteiger partial charge in [-0.2, -0.15) is 4.68 Å². The summed E-state index contributed by atoms with van der Waals surface area (Å²) in [6.07, 6.45) is 3.40. The molecule has 8 heteroatoms. The summed E-state index contributed by atoms with van der Waals surface area (Å²) in [7, 11) is 0. The third kappa shape index (κ3) is 2.75. The molecule has 1 aromatic carbocycles. The molecular formula is C12H10N6OS. The number of benzene rings is 1. The predicted octanol–water partition coefficient (Wildman–Crippen LogP) is 1.45. The number of phenolic OH excluding ortho intramolecular Hbond substituents is 1. The molecule has 7 nitrogen and oxygen atoms in total. The van der Waals surface area contributed by atoms with Crippen molar-refractivity contribution < 1.29 is 5.11 Å². The first-order chi connectivity index (χ1) is 9.83. The van der Waals surface area contributed by atoms with Gasteiger partial charge >= 0.3 is 0 Å². The van der Waals surface area contributed by atoms with Crippen molar-refractivity contribution in [3.8, 4) is 11.4 Å². The Balaban J connectivity index is 1.78. The topological polar surface area (TPSA) is 89.6 Å². The Labute approximate surface area is 118 Å². The van der Waals surface area contributed by atoms with E-state index in [2.05, 4.69) is 25.5 Å². The molecule has 0 unspecified atom stereocenters. The monoisotopic (exact) mass is 286 g/mol. The smallest absolute Gasteiger partial charge is 0.214 e. The van der Waals surface area contributed by atoms with Gasteiger partial charge in [0.05, 0.1) is 11.4 Å². The van der Waals surface area contributed by atoms with E-state index in [9.17, 15) is 5.11 Å². The molecule has 1 N–H and O–H groups in total. The molecule has 0 bridgehead atoms. The molecule has 0 atom stereocenters. The van der Waals surface area contributed by atoms with Crippen LogP contribution in [-0.4, -0.2) is 35.3 Å². The van der Waals surface area contributed by atoms with E-state index in [1.165, 1.54) is 11.8 Å². The number of hydrogen-bond acceptors (Lipinski definition) is 7. The molecule has 3 aromatic rings. The van der Waals surface area contributed by atoms with E-state index < -0.39 is 0 Å². The summed E-state index contributed by atoms with van der Waals surface area (Å²) in [6, 6.07) is 8.44. The van der Waals surface area contributed by atoms with E-state index in [-0.39, 0.29) is 5.75 Å². The fourth-order valence-electron chi connectivity index (χ4n) is 1.56. The molecule has 2 heterocycles. The molecule has 3 rings (SSSR count). The molecule has 20 heavy (non-hydrogen) atoms. The van der Waals surface area contributed by atoms with Gasteiger partial charge in [0.25, 0.3) is 0 Å². The van der Waals surface area contributed by atoms with Crippen LogP contribution in [0.5, 0.6) is 5.75 Å². The van der Waals surface area contributed by atoms with Crippen molar-refractivity contribution in [1.29, 1.82) is 0 Å². The Morgan fingerprint density at radius 3 is 2.60 bits per heavy atom. The van der Waals surface area contributed by atoms with E-state index in [1.54, 1.807) is 47.4 Å². The second-order valence-corrected chi connectivity index (χ2v) is 4.79. The summed E-state index contributed by atoms with van der Waals surface area (Å²) in [5.41, 5.74) is 0.782. The lowest BCUT2D eigenvalue weighted by atomic mass is 10.3. The quantitative estimate of drug-likeness (QED) is 0.726. The first-order valence-electron chi connectivity index (χ1n) is 5.79. The first kappa shape index (κ1) is 12.5. The molecule has 0 fully saturated rings. The van der Waals surface area contributed by atoms with E-state index in [0.717, 1.165) is 11.5 Å². The van der Waals surface area contributed by atoms with Crippen LogP contribution in [0.4, 0.5) is 0 Å². The van der Waals surface area contributed by atoms with Crippen LogP contribution in [0.2, 0.25) is 0 Å². The van der Waals surface area contributed by atoms with Gasteiger partial charge in [-0.05, 0) is 40.8 Å². The van der Waals surface area contributed by atoms with Gasteiger partial charge in [0.1, 0.15) is 11.6 Å². The molecular weight excluding hydrogens is 276 g/mol. The van der Waals surface area contributed by atoms with E-state index in [1.807, 2.05) is 0 Å². The number of hydrogen-bond donors (Lipinski definition) is 1. The minimum Gasteiger partial charge on any atom is -0.508 e. The van der Waals surface area contributed by atoms with Crippen LogP contribution in [0, 0.1) is 0 Å². The van der Waals surface area contributed by atoms with Gasteiger partial charge in [0.2, 0.25) is 5.16 Å². The Morgan fingerprint density at radius 2 is 1.85 bits per heavy atom. The van der Waals surface area contributed by atoms with Crippen LogP contribution in [0.25, 0.3) is 5.69 Å². The average Bonchev–Trinajstić information content (AvgIpc) is 2.95. The lowest BCUT2D eigenvalue weighted by Crippen LogP contribution is -1.99. The summed E-state index contributed by atoms with van der Waals surface area (Å²) >= 11 is 1.45. The summed E-state index contributed by atoms with van der Waals surface area (Å²) in [6.45, 7) is 0. The zero-order valence-electron chi connectivity index (χ0n) is 10.3. The van der Waals surface area contributed by atoms with Gasteiger partial charge in [0, 0.05) is 12.4 Å². The summed E-state index contributed by atoms with van der Waals surface area (Å²) in [4.78, 5) is 8.30. The average molecular weight is 286 g/mol. The Morgan fingerprint density at radius 1 is 1.10 bits per heavy atom. The fraction of sp³-hybridized carbons (Fsp3) is 0.0833. The van der Waals surface area contributed by atoms with Crippen LogP contribution in [-0.2, 0) is 5.75 Å². The zero-order chi connectivity index (χ0) is 13.8. The normalized spacial score (nSPS) is 10.6. The van der Waals surface area contributed by atoms with Gasteiger partial charge in [-0.1, -0.05) is 11.8 Å². The van der Waals surface area contributed by atoms with Crippen LogP contribution in [0.3, 0.4) is 0 Å². The number of nitrogens with zero attached hydrogens (tertiary/aromatic N) is 6. The Bertz CT molecular complexity index is 685. The number of phenols is 1. The molecule has 0 saturated heterocycles. The highest BCUT2D eigenvalue weighted by molar-refractivity contribution is 7.98. The second-order valence-electron chi connectivity index (χ2n) is 3.84. The van der Waals surface area contributed by atoms with Gasteiger partial charge in [-0.25, -0.2) is 9.97 Å². The maximum Gasteiger partial charge on any atom is 0.214 e. The number of rotatable bonds is 4. The minimum absolute atomic E-state index is 0.203. The van der Waals surface area contributed by atoms with Crippen molar-refractivity contribution in [3.05, 3.63) is 48.5 Å². The molecule has 0 spiro atoms. The van der Waals surface area contributed by atoms with Crippen LogP contribution < -0.4 is 0 Å². The van der Waals surface area contributed by atoms with Crippen molar-refractivity contribution >= 4 is 11.8 Å². The molecule has 0 aliphatic rings. The highest BCUT2D eigenvalue weighted by Gasteiger charge is 2.09. The number of tetrazole rings is 1. The van der Waals surface area contributed by atoms with Crippen LogP contribution in [0.1, 0.15) is 5.82 Å². The lowest BCUT2D eigenvalue weighted by Gasteiger charge is -2.03. The van der Waals surface area contributed by atoms with Crippen molar-refractivity contribution in [3.63, 3.8) is 0 Å². The van der Waals surface area contributed by atoms with Gasteiger partial charge in [0.15, 0.2) is 0 Å². The third-order valence-electron chi connectivity index (χ3n) is 2.48. The molecule has 0 aliphatic carbocycles. The van der Waals surface area contributed by atoms with Gasteiger partial charge in [-0.3, -0.25) is 0 Å². The highest BCUT2D eigenvalue weighted by atomic mass is 32.2. The second kappa shape index (κ2) is 5.66. The SMILES string of the molecule is Oc1ccc(-n2nnnc2SCc2ncccn2)cc1. The minimum atomic E-state index is 0.203. The van der Waals surface area contributed by atoms with E-state index >= 15 is 0 Å². The molecule has 100 valence electrons. The highest BCUT2D eigenvalue weighted by Crippen LogP contribution is 2.21. The number of thioether (sulfide) groups is 1. The predicted molar refractivity (Wildman–Crippen MR) is 72.4 cm³/mol. The first-order valence-corrected chi connectivity index (χ1v) is 6.78. The van der Waals surface area contributed by atoms with Crippen molar-refractivity contribution in [2.75, 3.05) is 0 Å². The van der Waals surface area contributed by atoms with Crippen LogP contribution in [0.15, 0.2) is 47.9 Å². The molecule has 0 aliphatic heterocycles. The molecule has 0 saturated carbocycles. The van der Waals surface area contributed by atoms with Crippen molar-refractivity contribution in [2.45, 2.75) is 10.9 Å². The van der Waals surface area contributed by atoms with Crippen molar-refractivity contribution in [2.24, 2.45) is 0 Å². The lowest BCUT2D eigenvalue weighted by molar-refractivity contribution is 0.475. The molecule has 2 aromatic heterocycles. The largest absolute Gasteiger partial charge is 0.508 e. The van der Waals surface area contributed by atoms with Gasteiger partial charge < -0.3 is 5.11 Å². The van der Waals surface area contributed by atoms with E-state index in [4.69, 9.17) is 0 Å². The summed E-state index contributed by atoms with van der Waals surface area (Å²) in [5.74, 6) is 1.51. The Kier molecular flexibility index (Phi) is 3.55. The number of aromatic nitrogens is 6. The van der Waals surface area contributed by atoms with E-state index in [0.29, 0.717) is 10.9 Å². The van der Waals surface area contributed by atoms with Crippen LogP contribution >= 0.6 is 11.8 Å².